The molecule has 0 radical (unpaired) electrons. The van der Waals surface area contributed by atoms with Gasteiger partial charge in [-0.1, -0.05) is 20.8 Å². The number of likely N-dealkylation sites (N-methyl/N-ethyl adjacent to an activating group) is 2. The van der Waals surface area contributed by atoms with Crippen molar-refractivity contribution in [3.05, 3.63) is 0 Å². The Hall–Kier alpha value is -0.320. The summed E-state index contributed by atoms with van der Waals surface area (Å²) in [5.41, 5.74) is 0. The maximum absolute atomic E-state index is 9.17. The molecular formula is C20H52N6O2. The van der Waals surface area contributed by atoms with E-state index in [0.717, 1.165) is 58.8 Å². The van der Waals surface area contributed by atoms with Crippen molar-refractivity contribution in [2.45, 2.75) is 46.1 Å². The molecule has 0 spiro atoms. The summed E-state index contributed by atoms with van der Waals surface area (Å²) in [7, 11) is 5.71. The van der Waals surface area contributed by atoms with Crippen LogP contribution in [0.3, 0.4) is 0 Å². The minimum atomic E-state index is -0.205. The van der Waals surface area contributed by atoms with Crippen molar-refractivity contribution in [2.24, 2.45) is 0 Å². The molecule has 0 fully saturated rings. The van der Waals surface area contributed by atoms with Crippen LogP contribution >= 0.6 is 0 Å². The molecule has 0 aromatic heterocycles. The molecule has 0 aliphatic carbocycles. The fourth-order valence-electron chi connectivity index (χ4n) is 2.01. The Morgan fingerprint density at radius 2 is 1.29 bits per heavy atom. The van der Waals surface area contributed by atoms with E-state index < -0.39 is 0 Å². The highest BCUT2D eigenvalue weighted by Gasteiger charge is 1.99. The van der Waals surface area contributed by atoms with Crippen LogP contribution in [0.4, 0.5) is 0 Å². The SMILES string of the molecule is CCNCCC(O)CNC.CCNCCCCNC.CCNCCOCNC. The van der Waals surface area contributed by atoms with Crippen molar-refractivity contribution in [1.82, 2.24) is 31.9 Å². The monoisotopic (exact) mass is 408 g/mol. The smallest absolute Gasteiger partial charge is 0.0963 e. The van der Waals surface area contributed by atoms with Gasteiger partial charge in [0, 0.05) is 13.1 Å². The van der Waals surface area contributed by atoms with Crippen molar-refractivity contribution < 1.29 is 9.84 Å². The van der Waals surface area contributed by atoms with Crippen LogP contribution in [-0.4, -0.2) is 98.0 Å². The predicted molar refractivity (Wildman–Crippen MR) is 123 cm³/mol. The normalized spacial score (nSPS) is 11.2. The lowest BCUT2D eigenvalue weighted by atomic mass is 10.2. The zero-order chi connectivity index (χ0) is 21.7. The van der Waals surface area contributed by atoms with Gasteiger partial charge < -0.3 is 36.4 Å². The molecule has 0 amide bonds. The summed E-state index contributed by atoms with van der Waals surface area (Å²) in [4.78, 5) is 0. The lowest BCUT2D eigenvalue weighted by molar-refractivity contribution is 0.124. The van der Waals surface area contributed by atoms with E-state index in [4.69, 9.17) is 4.74 Å². The zero-order valence-electron chi connectivity index (χ0n) is 19.6. The molecule has 174 valence electrons. The van der Waals surface area contributed by atoms with E-state index in [9.17, 15) is 5.11 Å². The average molecular weight is 409 g/mol. The van der Waals surface area contributed by atoms with E-state index in [0.29, 0.717) is 13.3 Å². The molecule has 1 unspecified atom stereocenters. The molecule has 28 heavy (non-hydrogen) atoms. The third kappa shape index (κ3) is 40.4. The Morgan fingerprint density at radius 3 is 1.82 bits per heavy atom. The Labute approximate surface area is 175 Å². The zero-order valence-corrected chi connectivity index (χ0v) is 19.6. The number of unbranched alkanes of at least 4 members (excludes halogenated alkanes) is 1. The highest BCUT2D eigenvalue weighted by atomic mass is 16.5. The van der Waals surface area contributed by atoms with Crippen LogP contribution in [0.15, 0.2) is 0 Å². The molecule has 0 saturated carbocycles. The van der Waals surface area contributed by atoms with Gasteiger partial charge in [0.1, 0.15) is 0 Å². The number of nitrogens with one attached hydrogen (secondary N) is 6. The van der Waals surface area contributed by atoms with Crippen molar-refractivity contribution in [1.29, 1.82) is 0 Å². The maximum atomic E-state index is 9.17. The fraction of sp³-hybridized carbons (Fsp3) is 1.00. The molecule has 0 aliphatic heterocycles. The fourth-order valence-corrected chi connectivity index (χ4v) is 2.01. The van der Waals surface area contributed by atoms with Crippen LogP contribution in [0, 0.1) is 0 Å². The third-order valence-electron chi connectivity index (χ3n) is 3.54. The summed E-state index contributed by atoms with van der Waals surface area (Å²) in [6.07, 6.45) is 3.19. The summed E-state index contributed by atoms with van der Waals surface area (Å²) in [5.74, 6) is 0. The summed E-state index contributed by atoms with van der Waals surface area (Å²) >= 11 is 0. The summed E-state index contributed by atoms with van der Waals surface area (Å²) in [6, 6.07) is 0. The van der Waals surface area contributed by atoms with Gasteiger partial charge in [0.25, 0.3) is 0 Å². The summed E-state index contributed by atoms with van der Waals surface area (Å²) in [5, 5.41) is 27.7. The van der Waals surface area contributed by atoms with E-state index in [2.05, 4.69) is 52.7 Å². The second-order valence-electron chi connectivity index (χ2n) is 6.28. The van der Waals surface area contributed by atoms with Crippen LogP contribution in [-0.2, 0) is 4.74 Å². The van der Waals surface area contributed by atoms with E-state index in [1.807, 2.05) is 21.1 Å². The van der Waals surface area contributed by atoms with E-state index >= 15 is 0 Å². The van der Waals surface area contributed by atoms with E-state index in [1.54, 1.807) is 0 Å². The first-order chi connectivity index (χ1) is 13.6. The average Bonchev–Trinajstić information content (AvgIpc) is 2.69. The number of aliphatic hydroxyl groups excluding tert-OH is 1. The van der Waals surface area contributed by atoms with Crippen molar-refractivity contribution in [2.75, 3.05) is 86.8 Å². The van der Waals surface area contributed by atoms with Crippen molar-refractivity contribution >= 4 is 0 Å². The number of aliphatic hydroxyl groups is 1. The third-order valence-corrected chi connectivity index (χ3v) is 3.54. The largest absolute Gasteiger partial charge is 0.392 e. The Kier molecular flexibility index (Phi) is 39.5. The van der Waals surface area contributed by atoms with Gasteiger partial charge in [-0.15, -0.1) is 0 Å². The molecule has 8 nitrogen and oxygen atoms in total. The van der Waals surface area contributed by atoms with Gasteiger partial charge in [-0.25, -0.2) is 0 Å². The van der Waals surface area contributed by atoms with Crippen LogP contribution in [0.25, 0.3) is 0 Å². The van der Waals surface area contributed by atoms with Gasteiger partial charge in [0.2, 0.25) is 0 Å². The van der Waals surface area contributed by atoms with Gasteiger partial charge in [-0.3, -0.25) is 5.32 Å². The highest BCUT2D eigenvalue weighted by molar-refractivity contribution is 4.58. The van der Waals surface area contributed by atoms with E-state index in [-0.39, 0.29) is 6.10 Å². The number of ether oxygens (including phenoxy) is 1. The molecular weight excluding hydrogens is 356 g/mol. The lowest BCUT2D eigenvalue weighted by Crippen LogP contribution is -2.27. The highest BCUT2D eigenvalue weighted by Crippen LogP contribution is 1.86. The van der Waals surface area contributed by atoms with E-state index in [1.165, 1.54) is 12.8 Å². The minimum absolute atomic E-state index is 0.205. The van der Waals surface area contributed by atoms with Gasteiger partial charge in [-0.2, -0.15) is 0 Å². The topological polar surface area (TPSA) is 102 Å². The maximum Gasteiger partial charge on any atom is 0.0963 e. The lowest BCUT2D eigenvalue weighted by Gasteiger charge is -2.08. The Morgan fingerprint density at radius 1 is 0.714 bits per heavy atom. The second kappa shape index (κ2) is 34.2. The first-order valence-electron chi connectivity index (χ1n) is 11.0. The summed E-state index contributed by atoms with van der Waals surface area (Å²) in [6.45, 7) is 15.6. The minimum Gasteiger partial charge on any atom is -0.392 e. The quantitative estimate of drug-likeness (QED) is 0.125. The van der Waals surface area contributed by atoms with Gasteiger partial charge in [0.05, 0.1) is 19.4 Å². The van der Waals surface area contributed by atoms with Crippen molar-refractivity contribution in [3.63, 3.8) is 0 Å². The van der Waals surface area contributed by atoms with Gasteiger partial charge in [-0.05, 0) is 79.7 Å². The number of rotatable bonds is 18. The van der Waals surface area contributed by atoms with Crippen LogP contribution in [0.1, 0.15) is 40.0 Å². The van der Waals surface area contributed by atoms with Crippen molar-refractivity contribution in [3.8, 4) is 0 Å². The molecule has 1 atom stereocenters. The molecule has 7 N–H and O–H groups in total. The number of hydrogen-bond acceptors (Lipinski definition) is 8. The van der Waals surface area contributed by atoms with Gasteiger partial charge in [0.15, 0.2) is 0 Å². The second-order valence-corrected chi connectivity index (χ2v) is 6.28. The molecule has 0 aromatic carbocycles. The van der Waals surface area contributed by atoms with Crippen LogP contribution in [0.5, 0.6) is 0 Å². The molecule has 0 bridgehead atoms. The first-order valence-corrected chi connectivity index (χ1v) is 11.0. The molecule has 8 heteroatoms. The first kappa shape index (κ1) is 32.3. The summed E-state index contributed by atoms with van der Waals surface area (Å²) < 4.78 is 5.11. The van der Waals surface area contributed by atoms with Crippen LogP contribution < -0.4 is 31.9 Å². The molecule has 0 aromatic rings. The Balaban J connectivity index is -0.000000336. The Bertz CT molecular complexity index is 213. The predicted octanol–water partition coefficient (Wildman–Crippen LogP) is -0.0488. The molecule has 0 rings (SSSR count). The molecule has 0 saturated heterocycles. The standard InChI is InChI=1S/C7H18N2O.C7H18N2.C6H16N2O/c1-3-9-5-4-7(10)6-8-2;1-3-9-7-5-4-6-8-2;1-3-8-4-5-9-6-7-2/h7-10H,3-6H2,1-2H3;8-9H,3-7H2,1-2H3;7-8H,3-6H2,1-2H3. The molecule has 0 aliphatic rings. The van der Waals surface area contributed by atoms with Crippen LogP contribution in [0.2, 0.25) is 0 Å². The molecule has 0 heterocycles. The number of hydrogen-bond donors (Lipinski definition) is 7. The van der Waals surface area contributed by atoms with Gasteiger partial charge >= 0.3 is 0 Å².